The minimum Gasteiger partial charge on any atom is -0.493 e. The molecule has 0 saturated heterocycles. The van der Waals surface area contributed by atoms with Gasteiger partial charge in [0, 0.05) is 20.9 Å². The van der Waals surface area contributed by atoms with Crippen molar-refractivity contribution >= 4 is 44.9 Å². The van der Waals surface area contributed by atoms with Gasteiger partial charge in [-0.3, -0.25) is 4.79 Å². The molecule has 1 amide bonds. The lowest BCUT2D eigenvalue weighted by atomic mass is 9.99. The third kappa shape index (κ3) is 5.67. The standard InChI is InChI=1S/C32H26BrN3O4/c1-19-15-20(2)29-25(16-19)28(22-7-5-4-6-8-22)30(35-29)31(37)36-34-18-21-9-14-26(27(17-21)39-3)40-32(38)23-10-12-24(33)13-11-23/h4-18,35H,1-3H3,(H,36,37). The molecule has 0 radical (unpaired) electrons. The summed E-state index contributed by atoms with van der Waals surface area (Å²) < 4.78 is 11.8. The number of H-pyrrole nitrogens is 1. The zero-order valence-corrected chi connectivity index (χ0v) is 23.7. The van der Waals surface area contributed by atoms with E-state index in [1.54, 1.807) is 42.5 Å². The maximum atomic E-state index is 13.3. The van der Waals surface area contributed by atoms with E-state index in [0.29, 0.717) is 22.6 Å². The number of benzene rings is 4. The van der Waals surface area contributed by atoms with E-state index in [-0.39, 0.29) is 11.7 Å². The van der Waals surface area contributed by atoms with Gasteiger partial charge in [0.2, 0.25) is 0 Å². The minimum atomic E-state index is -0.502. The van der Waals surface area contributed by atoms with Gasteiger partial charge in [0.15, 0.2) is 11.5 Å². The monoisotopic (exact) mass is 595 g/mol. The van der Waals surface area contributed by atoms with E-state index in [1.165, 1.54) is 13.3 Å². The lowest BCUT2D eigenvalue weighted by molar-refractivity contribution is 0.0729. The molecule has 2 N–H and O–H groups in total. The number of aromatic nitrogens is 1. The summed E-state index contributed by atoms with van der Waals surface area (Å²) in [6, 6.07) is 25.8. The van der Waals surface area contributed by atoms with Crippen LogP contribution in [0.15, 0.2) is 94.5 Å². The number of hydrogen-bond donors (Lipinski definition) is 2. The summed E-state index contributed by atoms with van der Waals surface area (Å²) in [7, 11) is 1.49. The molecule has 0 aliphatic heterocycles. The Morgan fingerprint density at radius 3 is 2.40 bits per heavy atom. The molecule has 0 bridgehead atoms. The van der Waals surface area contributed by atoms with Gasteiger partial charge in [-0.25, -0.2) is 10.2 Å². The molecule has 200 valence electrons. The van der Waals surface area contributed by atoms with E-state index in [1.807, 2.05) is 44.2 Å². The molecule has 5 aromatic rings. The van der Waals surface area contributed by atoms with E-state index in [4.69, 9.17) is 9.47 Å². The number of amides is 1. The summed E-state index contributed by atoms with van der Waals surface area (Å²) >= 11 is 3.35. The van der Waals surface area contributed by atoms with Crippen LogP contribution in [0.5, 0.6) is 11.5 Å². The summed E-state index contributed by atoms with van der Waals surface area (Å²) in [6.07, 6.45) is 1.50. The number of nitrogens with zero attached hydrogens (tertiary/aromatic N) is 1. The molecule has 0 spiro atoms. The van der Waals surface area contributed by atoms with Crippen molar-refractivity contribution in [1.82, 2.24) is 10.4 Å². The zero-order chi connectivity index (χ0) is 28.2. The molecule has 40 heavy (non-hydrogen) atoms. The predicted octanol–water partition coefficient (Wildman–Crippen LogP) is 7.21. The lowest BCUT2D eigenvalue weighted by Gasteiger charge is -2.10. The zero-order valence-electron chi connectivity index (χ0n) is 22.1. The van der Waals surface area contributed by atoms with Crippen molar-refractivity contribution in [1.29, 1.82) is 0 Å². The summed E-state index contributed by atoms with van der Waals surface area (Å²) in [5, 5.41) is 5.15. The molecule has 4 aromatic carbocycles. The first-order valence-electron chi connectivity index (χ1n) is 12.5. The number of nitrogens with one attached hydrogen (secondary N) is 2. The maximum absolute atomic E-state index is 13.3. The number of carbonyl (C=O) groups excluding carboxylic acids is 2. The predicted molar refractivity (Wildman–Crippen MR) is 160 cm³/mol. The van der Waals surface area contributed by atoms with Crippen LogP contribution in [0.4, 0.5) is 0 Å². The van der Waals surface area contributed by atoms with Gasteiger partial charge in [-0.2, -0.15) is 5.10 Å². The number of halogens is 1. The molecule has 1 aromatic heterocycles. The number of aromatic amines is 1. The van der Waals surface area contributed by atoms with E-state index < -0.39 is 5.97 Å². The first kappa shape index (κ1) is 26.9. The Morgan fingerprint density at radius 2 is 1.68 bits per heavy atom. The van der Waals surface area contributed by atoms with Gasteiger partial charge in [-0.05, 0) is 79.1 Å². The first-order valence-corrected chi connectivity index (χ1v) is 13.3. The SMILES string of the molecule is COc1cc(C=NNC(=O)c2[nH]c3c(C)cc(C)cc3c2-c2ccccc2)ccc1OC(=O)c1ccc(Br)cc1. The second-order valence-electron chi connectivity index (χ2n) is 9.25. The molecule has 0 saturated carbocycles. The first-order chi connectivity index (χ1) is 19.3. The highest BCUT2D eigenvalue weighted by molar-refractivity contribution is 9.10. The highest BCUT2D eigenvalue weighted by Gasteiger charge is 2.20. The number of hydrazone groups is 1. The Balaban J connectivity index is 1.36. The van der Waals surface area contributed by atoms with Crippen molar-refractivity contribution in [2.75, 3.05) is 7.11 Å². The fraction of sp³-hybridized carbons (Fsp3) is 0.0938. The number of ether oxygens (including phenoxy) is 2. The topological polar surface area (TPSA) is 92.8 Å². The number of hydrogen-bond acceptors (Lipinski definition) is 5. The molecule has 7 nitrogen and oxygen atoms in total. The fourth-order valence-corrected chi connectivity index (χ4v) is 4.81. The van der Waals surface area contributed by atoms with Crippen LogP contribution in [0, 0.1) is 13.8 Å². The third-order valence-corrected chi connectivity index (χ3v) is 6.92. The molecule has 0 atom stereocenters. The van der Waals surface area contributed by atoms with Crippen LogP contribution in [0.2, 0.25) is 0 Å². The molecule has 1 heterocycles. The number of aryl methyl sites for hydroxylation is 2. The quantitative estimate of drug-likeness (QED) is 0.0899. The molecule has 5 rings (SSSR count). The lowest BCUT2D eigenvalue weighted by Crippen LogP contribution is -2.18. The van der Waals surface area contributed by atoms with Crippen LogP contribution in [0.25, 0.3) is 22.0 Å². The average Bonchev–Trinajstić information content (AvgIpc) is 3.34. The smallest absolute Gasteiger partial charge is 0.343 e. The van der Waals surface area contributed by atoms with E-state index in [9.17, 15) is 9.59 Å². The van der Waals surface area contributed by atoms with Gasteiger partial charge >= 0.3 is 5.97 Å². The van der Waals surface area contributed by atoms with Gasteiger partial charge < -0.3 is 14.5 Å². The van der Waals surface area contributed by atoms with Crippen LogP contribution in [0.3, 0.4) is 0 Å². The van der Waals surface area contributed by atoms with E-state index >= 15 is 0 Å². The number of methoxy groups -OCH3 is 1. The van der Waals surface area contributed by atoms with Gasteiger partial charge in [0.1, 0.15) is 5.69 Å². The Morgan fingerprint density at radius 1 is 0.925 bits per heavy atom. The van der Waals surface area contributed by atoms with Crippen LogP contribution < -0.4 is 14.9 Å². The molecule has 0 aliphatic rings. The molecule has 0 aliphatic carbocycles. The summed E-state index contributed by atoms with van der Waals surface area (Å²) in [4.78, 5) is 29.1. The van der Waals surface area contributed by atoms with E-state index in [0.717, 1.165) is 37.6 Å². The van der Waals surface area contributed by atoms with Crippen molar-refractivity contribution in [3.63, 3.8) is 0 Å². The Kier molecular flexibility index (Phi) is 7.79. The van der Waals surface area contributed by atoms with Crippen molar-refractivity contribution in [3.8, 4) is 22.6 Å². The van der Waals surface area contributed by atoms with Crippen LogP contribution in [-0.2, 0) is 0 Å². The fourth-order valence-electron chi connectivity index (χ4n) is 4.54. The van der Waals surface area contributed by atoms with Crippen molar-refractivity contribution < 1.29 is 19.1 Å². The Hall–Kier alpha value is -4.69. The van der Waals surface area contributed by atoms with Gasteiger partial charge in [-0.15, -0.1) is 0 Å². The second kappa shape index (κ2) is 11.6. The maximum Gasteiger partial charge on any atom is 0.343 e. The Bertz CT molecular complexity index is 1740. The Labute approximate surface area is 240 Å². The summed E-state index contributed by atoms with van der Waals surface area (Å²) in [5.41, 5.74) is 8.97. The van der Waals surface area contributed by atoms with Crippen molar-refractivity contribution in [2.45, 2.75) is 13.8 Å². The number of carbonyl (C=O) groups is 2. The van der Waals surface area contributed by atoms with Gasteiger partial charge in [-0.1, -0.05) is 57.9 Å². The normalized spacial score (nSPS) is 11.1. The number of rotatable bonds is 7. The largest absolute Gasteiger partial charge is 0.493 e. The highest BCUT2D eigenvalue weighted by atomic mass is 79.9. The minimum absolute atomic E-state index is 0.271. The number of esters is 1. The van der Waals surface area contributed by atoms with Crippen LogP contribution in [-0.4, -0.2) is 30.2 Å². The molecular weight excluding hydrogens is 570 g/mol. The van der Waals surface area contributed by atoms with Crippen molar-refractivity contribution in [2.24, 2.45) is 5.10 Å². The highest BCUT2D eigenvalue weighted by Crippen LogP contribution is 2.35. The third-order valence-electron chi connectivity index (χ3n) is 6.39. The molecule has 0 fully saturated rings. The van der Waals surface area contributed by atoms with Gasteiger partial charge in [0.05, 0.1) is 18.9 Å². The average molecular weight is 596 g/mol. The van der Waals surface area contributed by atoms with Crippen LogP contribution >= 0.6 is 15.9 Å². The summed E-state index contributed by atoms with van der Waals surface area (Å²) in [5.74, 6) is -0.241. The molecular formula is C32H26BrN3O4. The van der Waals surface area contributed by atoms with Crippen molar-refractivity contribution in [3.05, 3.63) is 117 Å². The van der Waals surface area contributed by atoms with Crippen LogP contribution in [0.1, 0.15) is 37.5 Å². The van der Waals surface area contributed by atoms with Gasteiger partial charge in [0.25, 0.3) is 5.91 Å². The second-order valence-corrected chi connectivity index (χ2v) is 10.2. The molecule has 8 heteroatoms. The van der Waals surface area contributed by atoms with E-state index in [2.05, 4.69) is 43.6 Å². The molecule has 0 unspecified atom stereocenters. The summed E-state index contributed by atoms with van der Waals surface area (Å²) in [6.45, 7) is 4.06. The number of fused-ring (bicyclic) bond motifs is 1.